The van der Waals surface area contributed by atoms with Crippen LogP contribution in [0.2, 0.25) is 0 Å². The summed E-state index contributed by atoms with van der Waals surface area (Å²) in [5.41, 5.74) is 1.29. The summed E-state index contributed by atoms with van der Waals surface area (Å²) in [6.45, 7) is 6.45. The van der Waals surface area contributed by atoms with E-state index in [1.807, 2.05) is 11.8 Å². The van der Waals surface area contributed by atoms with Crippen LogP contribution in [0.5, 0.6) is 0 Å². The van der Waals surface area contributed by atoms with Crippen LogP contribution in [0.25, 0.3) is 0 Å². The molecule has 0 saturated carbocycles. The molecule has 3 rings (SSSR count). The number of anilines is 1. The summed E-state index contributed by atoms with van der Waals surface area (Å²) < 4.78 is 0. The van der Waals surface area contributed by atoms with E-state index in [1.54, 1.807) is 0 Å². The zero-order chi connectivity index (χ0) is 13.1. The zero-order valence-electron chi connectivity index (χ0n) is 12.4. The van der Waals surface area contributed by atoms with E-state index < -0.39 is 0 Å². The summed E-state index contributed by atoms with van der Waals surface area (Å²) in [5.74, 6) is 3.46. The van der Waals surface area contributed by atoms with Gasteiger partial charge in [-0.25, -0.2) is 9.97 Å². The first kappa shape index (κ1) is 18.8. The first-order valence-corrected chi connectivity index (χ1v) is 8.35. The Bertz CT molecular complexity index is 453. The number of aromatic nitrogens is 2. The van der Waals surface area contributed by atoms with Crippen molar-refractivity contribution in [2.24, 2.45) is 0 Å². The number of nitrogens with zero attached hydrogens (tertiary/aromatic N) is 3. The van der Waals surface area contributed by atoms with Gasteiger partial charge in [-0.15, -0.1) is 36.6 Å². The van der Waals surface area contributed by atoms with Gasteiger partial charge in [0, 0.05) is 32.6 Å². The zero-order valence-corrected chi connectivity index (χ0v) is 14.9. The second-order valence-electron chi connectivity index (χ2n) is 5.18. The SMILES string of the molecule is CCCc1nc2c(c(N3CCNCC3)n1)SCCC2.Cl.Cl. The quantitative estimate of drug-likeness (QED) is 0.907. The number of aryl methyl sites for hydroxylation is 2. The van der Waals surface area contributed by atoms with Crippen LogP contribution in [0, 0.1) is 0 Å². The van der Waals surface area contributed by atoms with Gasteiger partial charge in [0.05, 0.1) is 10.6 Å². The van der Waals surface area contributed by atoms with Crippen LogP contribution in [-0.4, -0.2) is 41.9 Å². The fourth-order valence-corrected chi connectivity index (χ4v) is 3.80. The number of thioether (sulfide) groups is 1. The molecule has 7 heteroatoms. The smallest absolute Gasteiger partial charge is 0.146 e. The second-order valence-corrected chi connectivity index (χ2v) is 6.28. The second kappa shape index (κ2) is 9.03. The van der Waals surface area contributed by atoms with Crippen LogP contribution in [0.15, 0.2) is 4.90 Å². The lowest BCUT2D eigenvalue weighted by Gasteiger charge is -2.31. The molecule has 0 atom stereocenters. The van der Waals surface area contributed by atoms with Gasteiger partial charge in [-0.3, -0.25) is 0 Å². The minimum atomic E-state index is 0. The Morgan fingerprint density at radius 2 is 1.95 bits per heavy atom. The van der Waals surface area contributed by atoms with Crippen LogP contribution in [0.4, 0.5) is 5.82 Å². The molecule has 2 aliphatic rings. The lowest BCUT2D eigenvalue weighted by Crippen LogP contribution is -2.44. The van der Waals surface area contributed by atoms with Crippen LogP contribution < -0.4 is 10.2 Å². The van der Waals surface area contributed by atoms with Crippen LogP contribution in [0.1, 0.15) is 31.3 Å². The maximum atomic E-state index is 4.87. The molecular formula is C14H24Cl2N4S. The van der Waals surface area contributed by atoms with Crippen molar-refractivity contribution in [1.82, 2.24) is 15.3 Å². The lowest BCUT2D eigenvalue weighted by molar-refractivity contribution is 0.577. The van der Waals surface area contributed by atoms with Gasteiger partial charge < -0.3 is 10.2 Å². The highest BCUT2D eigenvalue weighted by Crippen LogP contribution is 2.36. The van der Waals surface area contributed by atoms with Crippen molar-refractivity contribution < 1.29 is 0 Å². The molecule has 1 saturated heterocycles. The highest BCUT2D eigenvalue weighted by Gasteiger charge is 2.23. The molecule has 0 radical (unpaired) electrons. The lowest BCUT2D eigenvalue weighted by atomic mass is 10.2. The predicted octanol–water partition coefficient (Wildman–Crippen LogP) is 2.72. The first-order valence-electron chi connectivity index (χ1n) is 7.36. The van der Waals surface area contributed by atoms with Gasteiger partial charge in [-0.1, -0.05) is 6.92 Å². The Balaban J connectivity index is 0.00000110. The topological polar surface area (TPSA) is 41.1 Å². The van der Waals surface area contributed by atoms with Crippen molar-refractivity contribution in [1.29, 1.82) is 0 Å². The molecule has 0 aliphatic carbocycles. The highest BCUT2D eigenvalue weighted by atomic mass is 35.5. The van der Waals surface area contributed by atoms with E-state index in [2.05, 4.69) is 17.1 Å². The minimum absolute atomic E-state index is 0. The van der Waals surface area contributed by atoms with E-state index in [0.29, 0.717) is 0 Å². The number of fused-ring (bicyclic) bond motifs is 1. The summed E-state index contributed by atoms with van der Waals surface area (Å²) in [6, 6.07) is 0. The third kappa shape index (κ3) is 4.38. The molecule has 4 nitrogen and oxygen atoms in total. The van der Waals surface area contributed by atoms with Crippen molar-refractivity contribution >= 4 is 42.4 Å². The van der Waals surface area contributed by atoms with Crippen LogP contribution in [0.3, 0.4) is 0 Å². The average molecular weight is 351 g/mol. The monoisotopic (exact) mass is 350 g/mol. The van der Waals surface area contributed by atoms with Gasteiger partial charge in [0.2, 0.25) is 0 Å². The summed E-state index contributed by atoms with van der Waals surface area (Å²) in [4.78, 5) is 13.4. The average Bonchev–Trinajstić information content (AvgIpc) is 2.48. The molecule has 21 heavy (non-hydrogen) atoms. The summed E-state index contributed by atoms with van der Waals surface area (Å²) in [7, 11) is 0. The van der Waals surface area contributed by atoms with Crippen LogP contribution >= 0.6 is 36.6 Å². The highest BCUT2D eigenvalue weighted by molar-refractivity contribution is 7.99. The molecule has 0 unspecified atom stereocenters. The van der Waals surface area contributed by atoms with Crippen molar-refractivity contribution in [2.75, 3.05) is 36.8 Å². The molecule has 1 N–H and O–H groups in total. The maximum Gasteiger partial charge on any atom is 0.146 e. The van der Waals surface area contributed by atoms with Crippen molar-refractivity contribution in [2.45, 2.75) is 37.5 Å². The molecule has 0 amide bonds. The molecule has 0 bridgehead atoms. The first-order chi connectivity index (χ1) is 9.38. The normalized spacial score (nSPS) is 17.5. The molecule has 120 valence electrons. The number of piperazine rings is 1. The van der Waals surface area contributed by atoms with Gasteiger partial charge >= 0.3 is 0 Å². The van der Waals surface area contributed by atoms with E-state index in [-0.39, 0.29) is 24.8 Å². The third-order valence-corrected chi connectivity index (χ3v) is 4.86. The molecule has 1 aromatic rings. The maximum absolute atomic E-state index is 4.87. The predicted molar refractivity (Wildman–Crippen MR) is 94.7 cm³/mol. The van der Waals surface area contributed by atoms with Gasteiger partial charge in [0.1, 0.15) is 11.6 Å². The number of hydrogen-bond donors (Lipinski definition) is 1. The summed E-state index contributed by atoms with van der Waals surface area (Å²) in [6.07, 6.45) is 4.49. The number of halogens is 2. The molecule has 2 aliphatic heterocycles. The summed E-state index contributed by atoms with van der Waals surface area (Å²) >= 11 is 1.95. The largest absolute Gasteiger partial charge is 0.353 e. The van der Waals surface area contributed by atoms with Crippen molar-refractivity contribution in [3.8, 4) is 0 Å². The van der Waals surface area contributed by atoms with Gasteiger partial charge in [0.25, 0.3) is 0 Å². The van der Waals surface area contributed by atoms with E-state index in [9.17, 15) is 0 Å². The minimum Gasteiger partial charge on any atom is -0.353 e. The van der Waals surface area contributed by atoms with Crippen molar-refractivity contribution in [3.63, 3.8) is 0 Å². The number of hydrogen-bond acceptors (Lipinski definition) is 5. The summed E-state index contributed by atoms with van der Waals surface area (Å²) in [5, 5.41) is 3.41. The van der Waals surface area contributed by atoms with Crippen LogP contribution in [-0.2, 0) is 12.8 Å². The Morgan fingerprint density at radius 1 is 1.19 bits per heavy atom. The molecule has 3 heterocycles. The van der Waals surface area contributed by atoms with E-state index in [1.165, 1.54) is 28.6 Å². The van der Waals surface area contributed by atoms with Gasteiger partial charge in [-0.2, -0.15) is 0 Å². The molecular weight excluding hydrogens is 327 g/mol. The molecule has 1 aromatic heterocycles. The molecule has 0 aromatic carbocycles. The van der Waals surface area contributed by atoms with E-state index in [4.69, 9.17) is 9.97 Å². The van der Waals surface area contributed by atoms with Gasteiger partial charge in [0.15, 0.2) is 0 Å². The number of nitrogens with one attached hydrogen (secondary N) is 1. The Labute approximate surface area is 143 Å². The Hall–Kier alpha value is -0.230. The van der Waals surface area contributed by atoms with E-state index >= 15 is 0 Å². The Morgan fingerprint density at radius 3 is 2.67 bits per heavy atom. The van der Waals surface area contributed by atoms with Gasteiger partial charge in [-0.05, 0) is 25.0 Å². The molecule has 0 spiro atoms. The third-order valence-electron chi connectivity index (χ3n) is 3.66. The fourth-order valence-electron chi connectivity index (χ4n) is 2.69. The molecule has 1 fully saturated rings. The number of rotatable bonds is 3. The Kier molecular flexibility index (Phi) is 8.09. The fraction of sp³-hybridized carbons (Fsp3) is 0.714. The van der Waals surface area contributed by atoms with E-state index in [0.717, 1.165) is 51.3 Å². The van der Waals surface area contributed by atoms with Crippen molar-refractivity contribution in [3.05, 3.63) is 11.5 Å². The standard InChI is InChI=1S/C14H22N4S.2ClH/c1-2-4-12-16-11-5-3-10-19-13(11)14(17-12)18-8-6-15-7-9-18;;/h15H,2-10H2,1H3;2*1H.